The van der Waals surface area contributed by atoms with Gasteiger partial charge in [0.2, 0.25) is 0 Å². The third kappa shape index (κ3) is 6.41. The predicted molar refractivity (Wildman–Crippen MR) is 320 cm³/mol. The average molecular weight is 1010 g/mol. The van der Waals surface area contributed by atoms with Gasteiger partial charge in [0.25, 0.3) is 0 Å². The Kier molecular flexibility index (Phi) is 10.0. The minimum atomic E-state index is -0.785. The first kappa shape index (κ1) is 44.7. The second-order valence-electron chi connectivity index (χ2n) is 20.7. The van der Waals surface area contributed by atoms with Gasteiger partial charge in [-0.1, -0.05) is 206 Å². The Hall–Kier alpha value is -9.61. The van der Waals surface area contributed by atoms with Gasteiger partial charge in [0, 0.05) is 32.3 Å². The van der Waals surface area contributed by atoms with Gasteiger partial charge in [0.15, 0.2) is 0 Å². The molecule has 0 atom stereocenters. The zero-order valence-corrected chi connectivity index (χ0v) is 43.2. The number of ether oxygens (including phenoxy) is 1. The Balaban J connectivity index is 1.01. The van der Waals surface area contributed by atoms with Crippen molar-refractivity contribution in [2.75, 3.05) is 9.80 Å². The van der Waals surface area contributed by atoms with Crippen LogP contribution in [0.2, 0.25) is 0 Å². The third-order valence-corrected chi connectivity index (χ3v) is 17.9. The van der Waals surface area contributed by atoms with Crippen molar-refractivity contribution >= 4 is 45.9 Å². The van der Waals surface area contributed by atoms with Gasteiger partial charge in [-0.05, 0) is 164 Å². The summed E-state index contributed by atoms with van der Waals surface area (Å²) in [5.74, 6) is 1.71. The number of hydrogen-bond donors (Lipinski definition) is 0. The molecule has 16 rings (SSSR count). The van der Waals surface area contributed by atoms with Gasteiger partial charge in [-0.3, -0.25) is 0 Å². The van der Waals surface area contributed by atoms with Crippen LogP contribution in [0, 0.1) is 0 Å². The summed E-state index contributed by atoms with van der Waals surface area (Å²) >= 11 is 1.88. The number of rotatable bonds is 5. The molecule has 4 aliphatic rings. The molecule has 4 heteroatoms. The smallest absolute Gasteiger partial charge is 0.132 e. The molecule has 0 unspecified atom stereocenters. The molecule has 0 saturated heterocycles. The van der Waals surface area contributed by atoms with Gasteiger partial charge in [-0.2, -0.15) is 0 Å². The lowest BCUT2D eigenvalue weighted by molar-refractivity contribution is 0.434. The second kappa shape index (κ2) is 17.5. The number of benzene rings is 12. The van der Waals surface area contributed by atoms with E-state index < -0.39 is 10.8 Å². The van der Waals surface area contributed by atoms with Crippen LogP contribution in [-0.2, 0) is 10.8 Å². The summed E-state index contributed by atoms with van der Waals surface area (Å²) in [6.45, 7) is 0. The highest BCUT2D eigenvalue weighted by Crippen LogP contribution is 2.66. The maximum atomic E-state index is 6.95. The highest BCUT2D eigenvalue weighted by atomic mass is 32.2. The van der Waals surface area contributed by atoms with E-state index in [0.717, 1.165) is 67.8 Å². The minimum absolute atomic E-state index is 0.694. The first-order valence-electron chi connectivity index (χ1n) is 26.8. The highest BCUT2D eigenvalue weighted by molar-refractivity contribution is 7.99. The normalized spacial score (nSPS) is 14.4. The van der Waals surface area contributed by atoms with Crippen LogP contribution in [-0.4, -0.2) is 0 Å². The lowest BCUT2D eigenvalue weighted by Crippen LogP contribution is -2.40. The van der Waals surface area contributed by atoms with Crippen molar-refractivity contribution in [3.8, 4) is 44.9 Å². The Morgan fingerprint density at radius 1 is 0.244 bits per heavy atom. The molecule has 12 aromatic rings. The molecule has 0 bridgehead atoms. The molecule has 4 heterocycles. The van der Waals surface area contributed by atoms with Crippen LogP contribution in [0.15, 0.2) is 301 Å². The zero-order valence-electron chi connectivity index (χ0n) is 42.4. The number of nitrogens with zero attached hydrogens (tertiary/aromatic N) is 2. The summed E-state index contributed by atoms with van der Waals surface area (Å²) in [6.07, 6.45) is 0. The van der Waals surface area contributed by atoms with Crippen molar-refractivity contribution in [3.05, 3.63) is 336 Å². The molecular formula is C74H48N2OS. The SMILES string of the molecule is c1ccc(-c2ccc3c(c2)C2(c4ccccc4Oc4ccccc42)c2cc(-c4ccc5c(c4)C4(c6ccccc6Sc6ccccc64)c4cc(-c6ccccc6)ccc4N5c4ccccc4)ccc2N3c2ccccc2)cc1. The van der Waals surface area contributed by atoms with Crippen molar-refractivity contribution in [2.24, 2.45) is 0 Å². The van der Waals surface area contributed by atoms with Crippen molar-refractivity contribution < 1.29 is 4.74 Å². The number of para-hydroxylation sites is 4. The fourth-order valence-corrected chi connectivity index (χ4v) is 14.7. The van der Waals surface area contributed by atoms with Crippen LogP contribution < -0.4 is 14.5 Å². The molecule has 12 aromatic carbocycles. The Labute approximate surface area is 459 Å². The summed E-state index contributed by atoms with van der Waals surface area (Å²) in [5.41, 5.74) is 21.9. The van der Waals surface area contributed by atoms with E-state index in [2.05, 4.69) is 301 Å². The zero-order chi connectivity index (χ0) is 51.4. The number of hydrogen-bond acceptors (Lipinski definition) is 4. The molecule has 0 saturated carbocycles. The van der Waals surface area contributed by atoms with Crippen molar-refractivity contribution in [1.29, 1.82) is 0 Å². The van der Waals surface area contributed by atoms with Gasteiger partial charge in [-0.15, -0.1) is 0 Å². The summed E-state index contributed by atoms with van der Waals surface area (Å²) in [5, 5.41) is 0. The van der Waals surface area contributed by atoms with Crippen molar-refractivity contribution in [3.63, 3.8) is 0 Å². The van der Waals surface area contributed by atoms with Crippen molar-refractivity contribution in [2.45, 2.75) is 20.6 Å². The summed E-state index contributed by atoms with van der Waals surface area (Å²) in [7, 11) is 0. The fraction of sp³-hybridized carbons (Fsp3) is 0.0270. The Morgan fingerprint density at radius 2 is 0.538 bits per heavy atom. The van der Waals surface area contributed by atoms with Crippen LogP contribution in [0.5, 0.6) is 11.5 Å². The van der Waals surface area contributed by atoms with Crippen LogP contribution in [0.25, 0.3) is 33.4 Å². The predicted octanol–water partition coefficient (Wildman–Crippen LogP) is 19.6. The van der Waals surface area contributed by atoms with Crippen LogP contribution in [0.3, 0.4) is 0 Å². The lowest BCUT2D eigenvalue weighted by Gasteiger charge is -2.49. The molecule has 4 aliphatic heterocycles. The number of anilines is 6. The van der Waals surface area contributed by atoms with Crippen molar-refractivity contribution in [1.82, 2.24) is 0 Å². The van der Waals surface area contributed by atoms with Gasteiger partial charge < -0.3 is 14.5 Å². The maximum absolute atomic E-state index is 6.95. The quantitative estimate of drug-likeness (QED) is 0.171. The Morgan fingerprint density at radius 3 is 0.923 bits per heavy atom. The summed E-state index contributed by atoms with van der Waals surface area (Å²) in [4.78, 5) is 7.50. The topological polar surface area (TPSA) is 15.7 Å². The summed E-state index contributed by atoms with van der Waals surface area (Å²) < 4.78 is 6.95. The van der Waals surface area contributed by atoms with Gasteiger partial charge >= 0.3 is 0 Å². The molecule has 78 heavy (non-hydrogen) atoms. The minimum Gasteiger partial charge on any atom is -0.457 e. The number of fused-ring (bicyclic) bond motifs is 16. The van der Waals surface area contributed by atoms with Gasteiger partial charge in [-0.25, -0.2) is 0 Å². The van der Waals surface area contributed by atoms with E-state index >= 15 is 0 Å². The molecule has 0 fully saturated rings. The van der Waals surface area contributed by atoms with Crippen LogP contribution >= 0.6 is 11.8 Å². The van der Waals surface area contributed by atoms with E-state index in [4.69, 9.17) is 4.74 Å². The molecule has 0 aliphatic carbocycles. The molecule has 2 spiro atoms. The highest BCUT2D eigenvalue weighted by Gasteiger charge is 2.53. The largest absolute Gasteiger partial charge is 0.457 e. The van der Waals surface area contributed by atoms with Crippen LogP contribution in [0.4, 0.5) is 34.1 Å². The molecule has 0 amide bonds. The van der Waals surface area contributed by atoms with E-state index in [1.54, 1.807) is 0 Å². The third-order valence-electron chi connectivity index (χ3n) is 16.7. The lowest BCUT2D eigenvalue weighted by atomic mass is 9.60. The fourth-order valence-electron chi connectivity index (χ4n) is 13.5. The molecule has 0 aromatic heterocycles. The second-order valence-corrected chi connectivity index (χ2v) is 21.8. The van der Waals surface area contributed by atoms with E-state index in [1.165, 1.54) is 65.5 Å². The molecule has 3 nitrogen and oxygen atoms in total. The first-order valence-corrected chi connectivity index (χ1v) is 27.6. The molecule has 366 valence electrons. The van der Waals surface area contributed by atoms with E-state index in [0.29, 0.717) is 0 Å². The van der Waals surface area contributed by atoms with Crippen LogP contribution in [0.1, 0.15) is 44.5 Å². The monoisotopic (exact) mass is 1010 g/mol. The standard InChI is InChI=1S/C74H48N2OS/c1-5-21-49(22-6-1)51-37-41-65-61(45-51)73(57-29-13-17-33-69(57)77-70-34-18-14-30-58(70)73)62-47-53(39-43-66(62)75(65)55-25-9-3-10-26-55)54-40-44-68-64(48-54)74(59-31-15-19-35-71(59)78-72-36-20-16-32-60(72)74)63-46-52(50-23-7-2-8-24-50)38-42-67(63)76(68)56-27-11-4-12-28-56/h1-48H. The maximum Gasteiger partial charge on any atom is 0.132 e. The van der Waals surface area contributed by atoms with E-state index in [9.17, 15) is 0 Å². The first-order chi connectivity index (χ1) is 38.7. The van der Waals surface area contributed by atoms with Gasteiger partial charge in [0.1, 0.15) is 11.5 Å². The molecule has 0 radical (unpaired) electrons. The molecule has 0 N–H and O–H groups in total. The van der Waals surface area contributed by atoms with Gasteiger partial charge in [0.05, 0.1) is 33.6 Å². The summed E-state index contributed by atoms with van der Waals surface area (Å²) in [6, 6.07) is 108. The Bertz CT molecular complexity index is 3970. The average Bonchev–Trinajstić information content (AvgIpc) is 3.41. The van der Waals surface area contributed by atoms with E-state index in [-0.39, 0.29) is 0 Å². The van der Waals surface area contributed by atoms with E-state index in [1.807, 2.05) is 11.8 Å². The molecular weight excluding hydrogens is 965 g/mol.